The van der Waals surface area contributed by atoms with Gasteiger partial charge in [-0.2, -0.15) is 0 Å². The van der Waals surface area contributed by atoms with Crippen molar-refractivity contribution in [2.75, 3.05) is 13.1 Å². The summed E-state index contributed by atoms with van der Waals surface area (Å²) in [5.41, 5.74) is 10.7. The first-order valence-electron chi connectivity index (χ1n) is 5.42. The van der Waals surface area contributed by atoms with Crippen LogP contribution in [-0.2, 0) is 11.3 Å². The van der Waals surface area contributed by atoms with Gasteiger partial charge in [0.1, 0.15) is 5.69 Å². The molecule has 1 aromatic rings. The summed E-state index contributed by atoms with van der Waals surface area (Å²) >= 11 is 0. The predicted octanol–water partition coefficient (Wildman–Crippen LogP) is -1.16. The summed E-state index contributed by atoms with van der Waals surface area (Å²) in [6, 6.07) is 0. The lowest BCUT2D eigenvalue weighted by Crippen LogP contribution is -2.25. The molecule has 7 heteroatoms. The minimum absolute atomic E-state index is 0.259. The molecule has 17 heavy (non-hydrogen) atoms. The van der Waals surface area contributed by atoms with Gasteiger partial charge in [0.2, 0.25) is 5.91 Å². The number of nitrogens with one attached hydrogen (secondary N) is 1. The number of primary amides is 1. The quantitative estimate of drug-likeness (QED) is 0.520. The van der Waals surface area contributed by atoms with Gasteiger partial charge in [-0.1, -0.05) is 0 Å². The average Bonchev–Trinajstić information content (AvgIpc) is 2.73. The van der Waals surface area contributed by atoms with Gasteiger partial charge in [-0.25, -0.2) is 4.98 Å². The largest absolute Gasteiger partial charge is 0.370 e. The molecule has 1 rings (SSSR count). The minimum atomic E-state index is -0.369. The number of carbonyl (C=O) groups excluding carboxylic acids is 2. The lowest BCUT2D eigenvalue weighted by atomic mass is 10.3. The molecule has 0 unspecified atom stereocenters. The second kappa shape index (κ2) is 6.64. The number of aromatic nitrogens is 2. The molecule has 0 saturated carbocycles. The highest BCUT2D eigenvalue weighted by molar-refractivity contribution is 5.92. The molecule has 7 nitrogen and oxygen atoms in total. The van der Waals surface area contributed by atoms with Crippen LogP contribution >= 0.6 is 0 Å². The van der Waals surface area contributed by atoms with E-state index in [-0.39, 0.29) is 18.2 Å². The Morgan fingerprint density at radius 3 is 2.88 bits per heavy atom. The number of hydrogen-bond acceptors (Lipinski definition) is 4. The third-order valence-electron chi connectivity index (χ3n) is 2.14. The Balaban J connectivity index is 2.33. The van der Waals surface area contributed by atoms with Crippen molar-refractivity contribution < 1.29 is 9.59 Å². The van der Waals surface area contributed by atoms with Crippen LogP contribution in [0.1, 0.15) is 23.3 Å². The van der Waals surface area contributed by atoms with E-state index < -0.39 is 0 Å². The van der Waals surface area contributed by atoms with Crippen molar-refractivity contribution >= 4 is 11.8 Å². The second-order valence-corrected chi connectivity index (χ2v) is 3.61. The smallest absolute Gasteiger partial charge is 0.271 e. The Morgan fingerprint density at radius 1 is 1.47 bits per heavy atom. The van der Waals surface area contributed by atoms with E-state index in [1.54, 1.807) is 17.1 Å². The van der Waals surface area contributed by atoms with Gasteiger partial charge in [0.05, 0.1) is 6.33 Å². The Kier molecular flexibility index (Phi) is 5.15. The molecule has 0 atom stereocenters. The average molecular weight is 239 g/mol. The molecule has 1 aromatic heterocycles. The summed E-state index contributed by atoms with van der Waals surface area (Å²) in [6.45, 7) is 1.53. The van der Waals surface area contributed by atoms with Gasteiger partial charge in [-0.05, 0) is 6.42 Å². The van der Waals surface area contributed by atoms with E-state index in [0.29, 0.717) is 31.7 Å². The van der Waals surface area contributed by atoms with Gasteiger partial charge in [-0.15, -0.1) is 0 Å². The van der Waals surface area contributed by atoms with E-state index in [4.69, 9.17) is 11.5 Å². The first kappa shape index (κ1) is 13.2. The van der Waals surface area contributed by atoms with Crippen molar-refractivity contribution in [3.05, 3.63) is 18.2 Å². The molecule has 0 aliphatic carbocycles. The normalized spacial score (nSPS) is 10.2. The summed E-state index contributed by atoms with van der Waals surface area (Å²) in [7, 11) is 0. The maximum atomic E-state index is 11.6. The van der Waals surface area contributed by atoms with E-state index in [2.05, 4.69) is 10.3 Å². The standard InChI is InChI=1S/C10H17N5O2/c11-3-5-15-6-8(14-7-15)10(17)13-4-1-2-9(12)16/h6-7H,1-5,11H2,(H2,12,16)(H,13,17). The molecule has 0 aliphatic heterocycles. The third-order valence-corrected chi connectivity index (χ3v) is 2.14. The summed E-state index contributed by atoms with van der Waals surface area (Å²) in [5.74, 6) is -0.628. The molecule has 0 radical (unpaired) electrons. The van der Waals surface area contributed by atoms with Gasteiger partial charge in [0.25, 0.3) is 5.91 Å². The monoisotopic (exact) mass is 239 g/mol. The van der Waals surface area contributed by atoms with E-state index in [1.165, 1.54) is 0 Å². The van der Waals surface area contributed by atoms with Gasteiger partial charge in [-0.3, -0.25) is 9.59 Å². The Labute approximate surface area is 99.2 Å². The molecule has 94 valence electrons. The highest BCUT2D eigenvalue weighted by Crippen LogP contribution is 1.96. The van der Waals surface area contributed by atoms with Gasteiger partial charge < -0.3 is 21.4 Å². The molecule has 2 amide bonds. The van der Waals surface area contributed by atoms with Crippen LogP contribution in [0.15, 0.2) is 12.5 Å². The van der Waals surface area contributed by atoms with Crippen molar-refractivity contribution in [1.29, 1.82) is 0 Å². The van der Waals surface area contributed by atoms with Gasteiger partial charge in [0, 0.05) is 32.3 Å². The lowest BCUT2D eigenvalue weighted by molar-refractivity contribution is -0.118. The summed E-state index contributed by atoms with van der Waals surface area (Å²) < 4.78 is 1.75. The van der Waals surface area contributed by atoms with Crippen LogP contribution in [0.5, 0.6) is 0 Å². The van der Waals surface area contributed by atoms with Gasteiger partial charge >= 0.3 is 0 Å². The van der Waals surface area contributed by atoms with Crippen molar-refractivity contribution in [2.24, 2.45) is 11.5 Å². The molecule has 5 N–H and O–H groups in total. The van der Waals surface area contributed by atoms with Crippen LogP contribution in [0.4, 0.5) is 0 Å². The number of hydrogen-bond donors (Lipinski definition) is 3. The van der Waals surface area contributed by atoms with Crippen LogP contribution in [-0.4, -0.2) is 34.5 Å². The molecule has 0 saturated heterocycles. The maximum absolute atomic E-state index is 11.6. The maximum Gasteiger partial charge on any atom is 0.271 e. The highest BCUT2D eigenvalue weighted by atomic mass is 16.2. The predicted molar refractivity (Wildman–Crippen MR) is 62.0 cm³/mol. The number of imidazole rings is 1. The van der Waals surface area contributed by atoms with Crippen LogP contribution in [0.3, 0.4) is 0 Å². The summed E-state index contributed by atoms with van der Waals surface area (Å²) in [5, 5.41) is 2.66. The molecule has 0 fully saturated rings. The van der Waals surface area contributed by atoms with Crippen LogP contribution in [0.25, 0.3) is 0 Å². The van der Waals surface area contributed by atoms with Crippen LogP contribution in [0.2, 0.25) is 0 Å². The zero-order chi connectivity index (χ0) is 12.7. The van der Waals surface area contributed by atoms with Crippen molar-refractivity contribution in [3.63, 3.8) is 0 Å². The minimum Gasteiger partial charge on any atom is -0.370 e. The topological polar surface area (TPSA) is 116 Å². The molecule has 0 spiro atoms. The third kappa shape index (κ3) is 4.64. The Morgan fingerprint density at radius 2 is 2.24 bits per heavy atom. The van der Waals surface area contributed by atoms with Crippen molar-refractivity contribution in [3.8, 4) is 0 Å². The van der Waals surface area contributed by atoms with Crippen molar-refractivity contribution in [1.82, 2.24) is 14.9 Å². The Bertz CT molecular complexity index is 388. The first-order valence-corrected chi connectivity index (χ1v) is 5.42. The van der Waals surface area contributed by atoms with E-state index in [9.17, 15) is 9.59 Å². The number of carbonyl (C=O) groups is 2. The Hall–Kier alpha value is -1.89. The fourth-order valence-electron chi connectivity index (χ4n) is 1.30. The lowest BCUT2D eigenvalue weighted by Gasteiger charge is -2.01. The second-order valence-electron chi connectivity index (χ2n) is 3.61. The van der Waals surface area contributed by atoms with Crippen LogP contribution in [0, 0.1) is 0 Å². The number of rotatable bonds is 7. The molecular formula is C10H17N5O2. The van der Waals surface area contributed by atoms with E-state index >= 15 is 0 Å². The molecule has 0 aromatic carbocycles. The van der Waals surface area contributed by atoms with E-state index in [1.807, 2.05) is 0 Å². The molecule has 0 aliphatic rings. The molecule has 0 bridgehead atoms. The molecular weight excluding hydrogens is 222 g/mol. The SMILES string of the molecule is NCCn1cnc(C(=O)NCCCC(N)=O)c1. The molecule has 1 heterocycles. The number of nitrogens with zero attached hydrogens (tertiary/aromatic N) is 2. The fraction of sp³-hybridized carbons (Fsp3) is 0.500. The van der Waals surface area contributed by atoms with Gasteiger partial charge in [0.15, 0.2) is 0 Å². The zero-order valence-electron chi connectivity index (χ0n) is 9.56. The number of nitrogens with two attached hydrogens (primary N) is 2. The summed E-state index contributed by atoms with van der Waals surface area (Å²) in [4.78, 5) is 26.0. The zero-order valence-corrected chi connectivity index (χ0v) is 9.56. The fourth-order valence-corrected chi connectivity index (χ4v) is 1.30. The first-order chi connectivity index (χ1) is 8.13. The number of amides is 2. The van der Waals surface area contributed by atoms with E-state index in [0.717, 1.165) is 0 Å². The highest BCUT2D eigenvalue weighted by Gasteiger charge is 2.08. The van der Waals surface area contributed by atoms with Crippen LogP contribution < -0.4 is 16.8 Å². The van der Waals surface area contributed by atoms with Crippen molar-refractivity contribution in [2.45, 2.75) is 19.4 Å². The summed E-state index contributed by atoms with van der Waals surface area (Å²) in [6.07, 6.45) is 3.99.